The number of aromatic amines is 1. The number of anilines is 2. The van der Waals surface area contributed by atoms with E-state index >= 15 is 0 Å². The smallest absolute Gasteiger partial charge is 0.418 e. The molecule has 3 atom stereocenters. The summed E-state index contributed by atoms with van der Waals surface area (Å²) in [7, 11) is 1.54. The Kier molecular flexibility index (Phi) is 7.72. The second-order valence-corrected chi connectivity index (χ2v) is 12.1. The van der Waals surface area contributed by atoms with Crippen LogP contribution in [0.25, 0.3) is 0 Å². The SMILES string of the molecule is COc1ccc(NC(=O)COc2ccc([C@H]3c4sc(=O)[nH]c4SC4C(=O)N(c5ccccc5C(F)(F)F)C(=O)C43)cc2)cc1. The highest BCUT2D eigenvalue weighted by atomic mass is 32.2. The third kappa shape index (κ3) is 5.46. The number of nitrogens with zero attached hydrogens (tertiary/aromatic N) is 1. The molecule has 0 radical (unpaired) electrons. The number of alkyl halides is 3. The van der Waals surface area contributed by atoms with E-state index in [1.807, 2.05) is 0 Å². The lowest BCUT2D eigenvalue weighted by Crippen LogP contribution is -2.33. The highest BCUT2D eigenvalue weighted by molar-refractivity contribution is 8.00. The van der Waals surface area contributed by atoms with Crippen molar-refractivity contribution in [3.63, 3.8) is 0 Å². The summed E-state index contributed by atoms with van der Waals surface area (Å²) in [4.78, 5) is 55.5. The summed E-state index contributed by atoms with van der Waals surface area (Å²) >= 11 is 1.86. The summed E-state index contributed by atoms with van der Waals surface area (Å²) in [6, 6.07) is 17.7. The summed E-state index contributed by atoms with van der Waals surface area (Å²) in [6.07, 6.45) is -4.79. The highest BCUT2D eigenvalue weighted by Crippen LogP contribution is 2.54. The van der Waals surface area contributed by atoms with Crippen LogP contribution in [-0.4, -0.2) is 41.7 Å². The van der Waals surface area contributed by atoms with Crippen LogP contribution >= 0.6 is 23.1 Å². The van der Waals surface area contributed by atoms with Crippen LogP contribution < -0.4 is 24.6 Å². The molecule has 3 amide bonds. The number of thiazole rings is 1. The zero-order valence-electron chi connectivity index (χ0n) is 22.7. The fourth-order valence-corrected chi connectivity index (χ4v) is 7.83. The molecular weight excluding hydrogens is 619 g/mol. The number of methoxy groups -OCH3 is 1. The third-order valence-corrected chi connectivity index (χ3v) is 9.66. The normalized spacial score (nSPS) is 19.4. The van der Waals surface area contributed by atoms with Gasteiger partial charge in [0, 0.05) is 16.5 Å². The molecule has 44 heavy (non-hydrogen) atoms. The quantitative estimate of drug-likeness (QED) is 0.264. The van der Waals surface area contributed by atoms with Crippen molar-refractivity contribution in [2.45, 2.75) is 22.4 Å². The van der Waals surface area contributed by atoms with Gasteiger partial charge in [-0.3, -0.25) is 19.2 Å². The van der Waals surface area contributed by atoms with Crippen LogP contribution in [-0.2, 0) is 20.6 Å². The number of fused-ring (bicyclic) bond motifs is 2. The number of rotatable bonds is 7. The van der Waals surface area contributed by atoms with Crippen LogP contribution in [0.1, 0.15) is 21.9 Å². The number of nitrogens with one attached hydrogen (secondary N) is 2. The molecule has 3 aromatic carbocycles. The minimum Gasteiger partial charge on any atom is -0.497 e. The number of carbonyl (C=O) groups excluding carboxylic acids is 3. The number of hydrogen-bond donors (Lipinski definition) is 2. The van der Waals surface area contributed by atoms with Crippen molar-refractivity contribution in [2.75, 3.05) is 23.9 Å². The first kappa shape index (κ1) is 29.5. The Hall–Kier alpha value is -4.56. The van der Waals surface area contributed by atoms with Gasteiger partial charge >= 0.3 is 11.0 Å². The summed E-state index contributed by atoms with van der Waals surface area (Å²) in [5, 5.41) is 2.05. The van der Waals surface area contributed by atoms with Crippen LogP contribution in [0.15, 0.2) is 82.6 Å². The zero-order valence-corrected chi connectivity index (χ0v) is 24.3. The van der Waals surface area contributed by atoms with Crippen molar-refractivity contribution >= 4 is 52.2 Å². The maximum atomic E-state index is 13.8. The number of carbonyl (C=O) groups is 3. The molecule has 0 saturated carbocycles. The third-order valence-electron chi connectivity index (χ3n) is 7.26. The molecule has 3 heterocycles. The molecule has 6 rings (SSSR count). The van der Waals surface area contributed by atoms with E-state index < -0.39 is 52.2 Å². The molecule has 14 heteroatoms. The lowest BCUT2D eigenvalue weighted by atomic mass is 9.83. The largest absolute Gasteiger partial charge is 0.497 e. The van der Waals surface area contributed by atoms with Crippen molar-refractivity contribution < 1.29 is 37.0 Å². The number of hydrogen-bond acceptors (Lipinski definition) is 8. The molecule has 2 aliphatic rings. The summed E-state index contributed by atoms with van der Waals surface area (Å²) < 4.78 is 52.2. The lowest BCUT2D eigenvalue weighted by Gasteiger charge is -2.29. The Morgan fingerprint density at radius 3 is 2.32 bits per heavy atom. The van der Waals surface area contributed by atoms with E-state index in [1.54, 1.807) is 48.5 Å². The minimum absolute atomic E-state index is 0.291. The Morgan fingerprint density at radius 2 is 1.64 bits per heavy atom. The summed E-state index contributed by atoms with van der Waals surface area (Å²) in [6.45, 7) is -0.291. The maximum Gasteiger partial charge on any atom is 0.418 e. The van der Waals surface area contributed by atoms with Crippen molar-refractivity contribution in [2.24, 2.45) is 5.92 Å². The van der Waals surface area contributed by atoms with E-state index in [2.05, 4.69) is 10.3 Å². The number of halogens is 3. The fraction of sp³-hybridized carbons (Fsp3) is 0.200. The monoisotopic (exact) mass is 641 g/mol. The van der Waals surface area contributed by atoms with Crippen molar-refractivity contribution in [1.82, 2.24) is 4.98 Å². The molecule has 0 spiro atoms. The average Bonchev–Trinajstić information content (AvgIpc) is 3.50. The van der Waals surface area contributed by atoms with Crippen LogP contribution in [0, 0.1) is 5.92 Å². The van der Waals surface area contributed by atoms with Gasteiger partial charge in [-0.2, -0.15) is 13.2 Å². The number of ether oxygens (including phenoxy) is 2. The van der Waals surface area contributed by atoms with Crippen LogP contribution in [0.5, 0.6) is 11.5 Å². The van der Waals surface area contributed by atoms with Crippen molar-refractivity contribution in [3.05, 3.63) is 98.5 Å². The van der Waals surface area contributed by atoms with Gasteiger partial charge in [-0.15, -0.1) is 0 Å². The van der Waals surface area contributed by atoms with E-state index in [1.165, 1.54) is 19.2 Å². The second-order valence-electron chi connectivity index (χ2n) is 9.91. The maximum absolute atomic E-state index is 13.8. The molecule has 1 aromatic heterocycles. The number of amides is 3. The molecule has 2 aliphatic heterocycles. The first-order chi connectivity index (χ1) is 21.0. The molecule has 2 unspecified atom stereocenters. The van der Waals surface area contributed by atoms with Gasteiger partial charge in [0.2, 0.25) is 11.8 Å². The first-order valence-corrected chi connectivity index (χ1v) is 14.8. The predicted molar refractivity (Wildman–Crippen MR) is 157 cm³/mol. The topological polar surface area (TPSA) is 118 Å². The van der Waals surface area contributed by atoms with E-state index in [9.17, 15) is 32.3 Å². The molecule has 2 N–H and O–H groups in total. The van der Waals surface area contributed by atoms with E-state index in [0.717, 1.165) is 35.2 Å². The van der Waals surface area contributed by atoms with Crippen LogP contribution in [0.3, 0.4) is 0 Å². The molecule has 4 aromatic rings. The Bertz CT molecular complexity index is 1800. The number of H-pyrrole nitrogens is 1. The lowest BCUT2D eigenvalue weighted by molar-refractivity contribution is -0.137. The number of imide groups is 1. The van der Waals surface area contributed by atoms with E-state index in [0.29, 0.717) is 37.6 Å². The van der Waals surface area contributed by atoms with Gasteiger partial charge in [0.25, 0.3) is 5.91 Å². The first-order valence-electron chi connectivity index (χ1n) is 13.2. The second kappa shape index (κ2) is 11.5. The Balaban J connectivity index is 1.25. The number of thioether (sulfide) groups is 1. The van der Waals surface area contributed by atoms with Crippen molar-refractivity contribution in [1.29, 1.82) is 0 Å². The van der Waals surface area contributed by atoms with E-state index in [-0.39, 0.29) is 11.5 Å². The van der Waals surface area contributed by atoms with Gasteiger partial charge in [-0.1, -0.05) is 47.4 Å². The van der Waals surface area contributed by atoms with Crippen molar-refractivity contribution in [3.8, 4) is 11.5 Å². The van der Waals surface area contributed by atoms with Gasteiger partial charge in [0.05, 0.1) is 29.3 Å². The summed E-state index contributed by atoms with van der Waals surface area (Å²) in [5.41, 5.74) is -0.512. The molecule has 1 saturated heterocycles. The highest BCUT2D eigenvalue weighted by Gasteiger charge is 2.57. The fourth-order valence-electron chi connectivity index (χ4n) is 5.31. The van der Waals surface area contributed by atoms with Crippen LogP contribution in [0.2, 0.25) is 0 Å². The Morgan fingerprint density at radius 1 is 0.955 bits per heavy atom. The molecule has 9 nitrogen and oxygen atoms in total. The summed E-state index contributed by atoms with van der Waals surface area (Å²) in [5.74, 6) is -2.83. The van der Waals surface area contributed by atoms with E-state index in [4.69, 9.17) is 9.47 Å². The number of benzene rings is 3. The van der Waals surface area contributed by atoms with Gasteiger partial charge in [-0.25, -0.2) is 4.90 Å². The van der Waals surface area contributed by atoms with Gasteiger partial charge in [0.1, 0.15) is 16.7 Å². The molecule has 0 aliphatic carbocycles. The van der Waals surface area contributed by atoms with Gasteiger partial charge in [0.15, 0.2) is 6.61 Å². The Labute approximate surface area is 256 Å². The predicted octanol–water partition coefficient (Wildman–Crippen LogP) is 5.28. The van der Waals surface area contributed by atoms with Gasteiger partial charge in [-0.05, 0) is 54.1 Å². The number of para-hydroxylation sites is 1. The average molecular weight is 642 g/mol. The molecule has 0 bridgehead atoms. The zero-order chi connectivity index (χ0) is 31.2. The minimum atomic E-state index is -4.79. The number of aromatic nitrogens is 1. The molecular formula is C30H22F3N3O6S2. The van der Waals surface area contributed by atoms with Gasteiger partial charge < -0.3 is 19.8 Å². The molecule has 1 fully saturated rings. The molecule has 226 valence electrons. The standard InChI is InChI=1S/C30H22F3N3O6S2/c1-41-17-12-8-16(9-13-17)34-21(37)14-42-18-10-6-15(7-11-18)22-23-25(43-26-24(22)44-29(40)35-26)28(39)36(27(23)38)20-5-3-2-4-19(20)30(31,32)33/h2-13,22-23,25H,14H2,1H3,(H,34,37)(H,35,40)/t22-,23?,25?/m1/s1. The van der Waals surface area contributed by atoms with Crippen LogP contribution in [0.4, 0.5) is 24.5 Å².